The van der Waals surface area contributed by atoms with E-state index in [4.69, 9.17) is 9.15 Å². The van der Waals surface area contributed by atoms with Crippen LogP contribution in [0.15, 0.2) is 65.4 Å². The number of hydrogen-bond donors (Lipinski definition) is 0. The number of nitrogens with zero attached hydrogens (tertiary/aromatic N) is 3. The van der Waals surface area contributed by atoms with Crippen molar-refractivity contribution in [3.05, 3.63) is 72.1 Å². The molecule has 1 aromatic heterocycles. The van der Waals surface area contributed by atoms with Crippen LogP contribution in [0, 0.1) is 0 Å². The maximum absolute atomic E-state index is 13.1. The zero-order valence-corrected chi connectivity index (χ0v) is 15.9. The largest absolute Gasteiger partial charge is 0.444 e. The fraction of sp³-hybridized carbons (Fsp3) is 0.273. The van der Waals surface area contributed by atoms with Crippen LogP contribution < -0.4 is 0 Å². The van der Waals surface area contributed by atoms with Gasteiger partial charge in [0.1, 0.15) is 0 Å². The number of hydrogen-bond acceptors (Lipinski definition) is 6. The summed E-state index contributed by atoms with van der Waals surface area (Å²) in [6.45, 7) is 1.39. The first-order valence-corrected chi connectivity index (χ1v) is 9.64. The molecule has 7 heteroatoms. The van der Waals surface area contributed by atoms with E-state index in [1.807, 2.05) is 18.2 Å². The molecule has 1 atom stereocenters. The highest BCUT2D eigenvalue weighted by molar-refractivity contribution is 5.93. The molecule has 0 saturated carbocycles. The second-order valence-corrected chi connectivity index (χ2v) is 6.90. The van der Waals surface area contributed by atoms with Crippen molar-refractivity contribution in [2.24, 2.45) is 0 Å². The van der Waals surface area contributed by atoms with Gasteiger partial charge >= 0.3 is 5.97 Å². The molecule has 29 heavy (non-hydrogen) atoms. The second kappa shape index (κ2) is 8.68. The third-order valence-electron chi connectivity index (χ3n) is 4.95. The number of benzene rings is 2. The van der Waals surface area contributed by atoms with Gasteiger partial charge in [0.25, 0.3) is 5.91 Å². The average Bonchev–Trinajstić information content (AvgIpc) is 3.33. The van der Waals surface area contributed by atoms with Gasteiger partial charge in [0.05, 0.1) is 5.56 Å². The third kappa shape index (κ3) is 4.34. The normalized spacial score (nSPS) is 15.0. The lowest BCUT2D eigenvalue weighted by Gasteiger charge is -2.30. The molecule has 2 aromatic carbocycles. The summed E-state index contributed by atoms with van der Waals surface area (Å²) in [7, 11) is 0. The lowest BCUT2D eigenvalue weighted by Crippen LogP contribution is -2.40. The van der Waals surface area contributed by atoms with Crippen LogP contribution in [0.1, 0.15) is 41.3 Å². The summed E-state index contributed by atoms with van der Waals surface area (Å²) in [5, 5.41) is 7.48. The molecule has 1 amide bonds. The van der Waals surface area contributed by atoms with Gasteiger partial charge in [-0.1, -0.05) is 30.3 Å². The van der Waals surface area contributed by atoms with Gasteiger partial charge in [-0.15, -0.1) is 10.2 Å². The number of amides is 1. The SMILES string of the molecule is O=C(O[C@H](C(=O)N1CCCCC1)c1ccccc1)c1ccc(-c2nnco2)cc1. The zero-order chi connectivity index (χ0) is 20.1. The first-order chi connectivity index (χ1) is 14.2. The second-order valence-electron chi connectivity index (χ2n) is 6.90. The minimum absolute atomic E-state index is 0.174. The van der Waals surface area contributed by atoms with E-state index in [1.165, 1.54) is 6.39 Å². The summed E-state index contributed by atoms with van der Waals surface area (Å²) in [6, 6.07) is 15.8. The first-order valence-electron chi connectivity index (χ1n) is 9.64. The van der Waals surface area contributed by atoms with Crippen LogP contribution in [-0.4, -0.2) is 40.1 Å². The number of likely N-dealkylation sites (tertiary alicyclic amines) is 1. The maximum Gasteiger partial charge on any atom is 0.339 e. The van der Waals surface area contributed by atoms with E-state index in [1.54, 1.807) is 41.3 Å². The molecule has 0 spiro atoms. The summed E-state index contributed by atoms with van der Waals surface area (Å²) < 4.78 is 10.8. The molecule has 2 heterocycles. The number of carbonyl (C=O) groups is 2. The highest BCUT2D eigenvalue weighted by Crippen LogP contribution is 2.25. The molecule has 0 radical (unpaired) electrons. The summed E-state index contributed by atoms with van der Waals surface area (Å²) >= 11 is 0. The van der Waals surface area contributed by atoms with Gasteiger partial charge in [-0.3, -0.25) is 4.79 Å². The molecule has 0 unspecified atom stereocenters. The quantitative estimate of drug-likeness (QED) is 0.617. The van der Waals surface area contributed by atoms with Crippen molar-refractivity contribution in [2.75, 3.05) is 13.1 Å². The predicted molar refractivity (Wildman–Crippen MR) is 105 cm³/mol. The molecule has 4 rings (SSSR count). The summed E-state index contributed by atoms with van der Waals surface area (Å²) in [5.74, 6) is -0.361. The lowest BCUT2D eigenvalue weighted by atomic mass is 10.1. The number of aromatic nitrogens is 2. The molecule has 0 bridgehead atoms. The number of esters is 1. The van der Waals surface area contributed by atoms with Crippen LogP contribution in [0.5, 0.6) is 0 Å². The van der Waals surface area contributed by atoms with Gasteiger partial charge < -0.3 is 14.1 Å². The van der Waals surface area contributed by atoms with E-state index in [0.717, 1.165) is 19.3 Å². The van der Waals surface area contributed by atoms with Crippen molar-refractivity contribution in [3.63, 3.8) is 0 Å². The molecular formula is C22H21N3O4. The first kappa shape index (κ1) is 18.9. The lowest BCUT2D eigenvalue weighted by molar-refractivity contribution is -0.142. The van der Waals surface area contributed by atoms with Gasteiger partial charge in [0.15, 0.2) is 0 Å². The van der Waals surface area contributed by atoms with Gasteiger partial charge in [-0.25, -0.2) is 4.79 Å². The molecule has 0 aliphatic carbocycles. The van der Waals surface area contributed by atoms with Crippen LogP contribution in [0.4, 0.5) is 0 Å². The van der Waals surface area contributed by atoms with Crippen molar-refractivity contribution >= 4 is 11.9 Å². The van der Waals surface area contributed by atoms with Crippen molar-refractivity contribution in [1.82, 2.24) is 15.1 Å². The number of rotatable bonds is 5. The molecule has 3 aromatic rings. The Hall–Kier alpha value is -3.48. The Morgan fingerprint density at radius 3 is 2.34 bits per heavy atom. The highest BCUT2D eigenvalue weighted by Gasteiger charge is 2.30. The van der Waals surface area contributed by atoms with Gasteiger partial charge in [0, 0.05) is 24.2 Å². The molecular weight excluding hydrogens is 370 g/mol. The molecule has 1 aliphatic heterocycles. The molecule has 148 valence electrons. The highest BCUT2D eigenvalue weighted by atomic mass is 16.5. The topological polar surface area (TPSA) is 85.5 Å². The van der Waals surface area contributed by atoms with E-state index in [-0.39, 0.29) is 5.91 Å². The van der Waals surface area contributed by atoms with E-state index in [0.29, 0.717) is 35.7 Å². The monoisotopic (exact) mass is 391 g/mol. The zero-order valence-electron chi connectivity index (χ0n) is 15.9. The van der Waals surface area contributed by atoms with Crippen LogP contribution in [0.25, 0.3) is 11.5 Å². The van der Waals surface area contributed by atoms with Gasteiger partial charge in [-0.05, 0) is 43.5 Å². The van der Waals surface area contributed by atoms with Gasteiger partial charge in [-0.2, -0.15) is 0 Å². The smallest absolute Gasteiger partial charge is 0.339 e. The Labute approximate surface area is 168 Å². The Balaban J connectivity index is 1.53. The number of piperidine rings is 1. The van der Waals surface area contributed by atoms with Crippen molar-refractivity contribution < 1.29 is 18.7 Å². The van der Waals surface area contributed by atoms with Crippen LogP contribution in [0.3, 0.4) is 0 Å². The number of ether oxygens (including phenoxy) is 1. The molecule has 1 aliphatic rings. The van der Waals surface area contributed by atoms with E-state index in [9.17, 15) is 9.59 Å². The van der Waals surface area contributed by atoms with E-state index in [2.05, 4.69) is 10.2 Å². The minimum Gasteiger partial charge on any atom is -0.444 e. The van der Waals surface area contributed by atoms with E-state index >= 15 is 0 Å². The predicted octanol–water partition coefficient (Wildman–Crippen LogP) is 3.65. The van der Waals surface area contributed by atoms with E-state index < -0.39 is 12.1 Å². The third-order valence-corrected chi connectivity index (χ3v) is 4.95. The van der Waals surface area contributed by atoms with Crippen molar-refractivity contribution in [3.8, 4) is 11.5 Å². The molecule has 1 fully saturated rings. The average molecular weight is 391 g/mol. The van der Waals surface area contributed by atoms with Crippen LogP contribution >= 0.6 is 0 Å². The number of carbonyl (C=O) groups excluding carboxylic acids is 2. The Bertz CT molecular complexity index is 949. The van der Waals surface area contributed by atoms with Crippen LogP contribution in [0.2, 0.25) is 0 Å². The van der Waals surface area contributed by atoms with Crippen molar-refractivity contribution in [1.29, 1.82) is 0 Å². The summed E-state index contributed by atoms with van der Waals surface area (Å²) in [6.07, 6.45) is 3.34. The minimum atomic E-state index is -0.961. The molecule has 0 N–H and O–H groups in total. The molecule has 7 nitrogen and oxygen atoms in total. The Morgan fingerprint density at radius 2 is 1.69 bits per heavy atom. The Kier molecular flexibility index (Phi) is 5.65. The molecule has 1 saturated heterocycles. The Morgan fingerprint density at radius 1 is 0.966 bits per heavy atom. The van der Waals surface area contributed by atoms with Crippen molar-refractivity contribution in [2.45, 2.75) is 25.4 Å². The standard InChI is InChI=1S/C22H21N3O4/c26-21(25-13-5-2-6-14-25)19(16-7-3-1-4-8-16)29-22(27)18-11-9-17(10-12-18)20-24-23-15-28-20/h1,3-4,7-12,15,19H,2,5-6,13-14H2/t19-/m0/s1. The fourth-order valence-corrected chi connectivity index (χ4v) is 3.39. The van der Waals surface area contributed by atoms with Crippen LogP contribution in [-0.2, 0) is 9.53 Å². The fourth-order valence-electron chi connectivity index (χ4n) is 3.39. The summed E-state index contributed by atoms with van der Waals surface area (Å²) in [5.41, 5.74) is 1.71. The summed E-state index contributed by atoms with van der Waals surface area (Å²) in [4.78, 5) is 27.7. The van der Waals surface area contributed by atoms with Gasteiger partial charge in [0.2, 0.25) is 18.4 Å². The maximum atomic E-state index is 13.1.